The standard InChI is InChI=1S/C11H21N/c1-3-5-9-6-4-7-11(2)8-10(9)12-11/h9-10,12H,3-8H2,1-2H3. The first-order valence-electron chi connectivity index (χ1n) is 5.51. The van der Waals surface area contributed by atoms with Crippen LogP contribution in [0.4, 0.5) is 0 Å². The third kappa shape index (κ3) is 1.39. The Morgan fingerprint density at radius 1 is 1.50 bits per heavy atom. The molecule has 1 N–H and O–H groups in total. The Balaban J connectivity index is 1.93. The van der Waals surface area contributed by atoms with Crippen LogP contribution >= 0.6 is 0 Å². The highest BCUT2D eigenvalue weighted by Crippen LogP contribution is 2.40. The molecule has 1 aliphatic carbocycles. The van der Waals surface area contributed by atoms with E-state index in [-0.39, 0.29) is 0 Å². The Hall–Kier alpha value is -0.0400. The van der Waals surface area contributed by atoms with Crippen molar-refractivity contribution in [3.63, 3.8) is 0 Å². The number of rotatable bonds is 2. The number of fused-ring (bicyclic) bond motifs is 3. The lowest BCUT2D eigenvalue weighted by Crippen LogP contribution is -2.62. The molecule has 0 spiro atoms. The van der Waals surface area contributed by atoms with Gasteiger partial charge >= 0.3 is 0 Å². The molecule has 3 rings (SSSR count). The van der Waals surface area contributed by atoms with Gasteiger partial charge in [0.15, 0.2) is 0 Å². The summed E-state index contributed by atoms with van der Waals surface area (Å²) < 4.78 is 0. The average Bonchev–Trinajstić information content (AvgIpc) is 2.19. The highest BCUT2D eigenvalue weighted by atomic mass is 15.1. The lowest BCUT2D eigenvalue weighted by molar-refractivity contribution is 0.122. The summed E-state index contributed by atoms with van der Waals surface area (Å²) >= 11 is 0. The third-order valence-electron chi connectivity index (χ3n) is 3.74. The van der Waals surface area contributed by atoms with Crippen molar-refractivity contribution >= 4 is 0 Å². The van der Waals surface area contributed by atoms with Crippen LogP contribution in [0, 0.1) is 5.92 Å². The molecule has 1 saturated carbocycles. The topological polar surface area (TPSA) is 12.0 Å². The molecule has 12 heavy (non-hydrogen) atoms. The first kappa shape index (κ1) is 8.55. The molecule has 2 aliphatic heterocycles. The number of nitrogens with one attached hydrogen (secondary N) is 1. The van der Waals surface area contributed by atoms with E-state index in [9.17, 15) is 0 Å². The highest BCUT2D eigenvalue weighted by Gasteiger charge is 2.44. The van der Waals surface area contributed by atoms with Crippen LogP contribution in [0.3, 0.4) is 0 Å². The molecular weight excluding hydrogens is 146 g/mol. The zero-order chi connectivity index (χ0) is 8.60. The van der Waals surface area contributed by atoms with Gasteiger partial charge in [0, 0.05) is 11.6 Å². The van der Waals surface area contributed by atoms with Crippen molar-refractivity contribution in [1.82, 2.24) is 5.32 Å². The SMILES string of the molecule is CCCC1CCCC2(C)CC1N2. The van der Waals surface area contributed by atoms with E-state index in [4.69, 9.17) is 0 Å². The molecule has 0 aromatic rings. The second kappa shape index (κ2) is 3.02. The Morgan fingerprint density at radius 3 is 2.92 bits per heavy atom. The molecule has 70 valence electrons. The van der Waals surface area contributed by atoms with Crippen LogP contribution in [0.1, 0.15) is 52.4 Å². The maximum atomic E-state index is 3.75. The molecule has 1 nitrogen and oxygen atoms in total. The lowest BCUT2D eigenvalue weighted by Gasteiger charge is -2.47. The molecule has 2 saturated heterocycles. The first-order valence-corrected chi connectivity index (χ1v) is 5.51. The molecular formula is C11H21N. The van der Waals surface area contributed by atoms with E-state index in [1.807, 2.05) is 0 Å². The fraction of sp³-hybridized carbons (Fsp3) is 1.00. The molecule has 0 aromatic carbocycles. The quantitative estimate of drug-likeness (QED) is 0.667. The molecule has 0 amide bonds. The van der Waals surface area contributed by atoms with Gasteiger partial charge in [-0.05, 0) is 38.5 Å². The van der Waals surface area contributed by atoms with Gasteiger partial charge in [-0.25, -0.2) is 0 Å². The monoisotopic (exact) mass is 167 g/mol. The average molecular weight is 167 g/mol. The van der Waals surface area contributed by atoms with Gasteiger partial charge in [-0.3, -0.25) is 0 Å². The fourth-order valence-corrected chi connectivity index (χ4v) is 3.04. The molecule has 3 unspecified atom stereocenters. The zero-order valence-electron chi connectivity index (χ0n) is 8.40. The minimum absolute atomic E-state index is 0.535. The van der Waals surface area contributed by atoms with Crippen molar-refractivity contribution in [2.45, 2.75) is 64.0 Å². The van der Waals surface area contributed by atoms with Crippen LogP contribution in [0.15, 0.2) is 0 Å². The van der Waals surface area contributed by atoms with Crippen molar-refractivity contribution in [3.8, 4) is 0 Å². The van der Waals surface area contributed by atoms with Gasteiger partial charge in [-0.2, -0.15) is 0 Å². The van der Waals surface area contributed by atoms with Gasteiger partial charge in [-0.15, -0.1) is 0 Å². The van der Waals surface area contributed by atoms with Gasteiger partial charge < -0.3 is 5.32 Å². The van der Waals surface area contributed by atoms with Gasteiger partial charge in [0.25, 0.3) is 0 Å². The molecule has 2 bridgehead atoms. The summed E-state index contributed by atoms with van der Waals surface area (Å²) in [6.07, 6.45) is 8.57. The van der Waals surface area contributed by atoms with Crippen molar-refractivity contribution in [3.05, 3.63) is 0 Å². The maximum Gasteiger partial charge on any atom is 0.0171 e. The van der Waals surface area contributed by atoms with Gasteiger partial charge in [-0.1, -0.05) is 19.8 Å². The Morgan fingerprint density at radius 2 is 2.25 bits per heavy atom. The summed E-state index contributed by atoms with van der Waals surface area (Å²) in [5.41, 5.74) is 0.535. The normalized spacial score (nSPS) is 46.5. The van der Waals surface area contributed by atoms with Crippen LogP contribution in [0.2, 0.25) is 0 Å². The molecule has 0 radical (unpaired) electrons. The summed E-state index contributed by atoms with van der Waals surface area (Å²) in [6, 6.07) is 0.873. The Bertz CT molecular complexity index is 158. The van der Waals surface area contributed by atoms with Crippen LogP contribution in [-0.2, 0) is 0 Å². The van der Waals surface area contributed by atoms with Gasteiger partial charge in [0.1, 0.15) is 0 Å². The third-order valence-corrected chi connectivity index (χ3v) is 3.74. The van der Waals surface area contributed by atoms with Crippen LogP contribution in [0.25, 0.3) is 0 Å². The van der Waals surface area contributed by atoms with E-state index in [1.165, 1.54) is 38.5 Å². The van der Waals surface area contributed by atoms with E-state index in [1.54, 1.807) is 0 Å². The molecule has 3 atom stereocenters. The first-order chi connectivity index (χ1) is 5.73. The number of hydrogen-bond donors (Lipinski definition) is 1. The van der Waals surface area contributed by atoms with E-state index in [0.717, 1.165) is 12.0 Å². The summed E-state index contributed by atoms with van der Waals surface area (Å²) in [7, 11) is 0. The fourth-order valence-electron chi connectivity index (χ4n) is 3.04. The largest absolute Gasteiger partial charge is 0.308 e. The minimum Gasteiger partial charge on any atom is -0.308 e. The molecule has 3 aliphatic rings. The second-order valence-corrected chi connectivity index (χ2v) is 4.96. The lowest BCUT2D eigenvalue weighted by atomic mass is 9.78. The van der Waals surface area contributed by atoms with Crippen molar-refractivity contribution in [2.75, 3.05) is 0 Å². The van der Waals surface area contributed by atoms with E-state index < -0.39 is 0 Å². The molecule has 2 heterocycles. The van der Waals surface area contributed by atoms with E-state index in [0.29, 0.717) is 5.54 Å². The Labute approximate surface area is 75.9 Å². The zero-order valence-corrected chi connectivity index (χ0v) is 8.40. The summed E-state index contributed by atoms with van der Waals surface area (Å²) in [4.78, 5) is 0. The second-order valence-electron chi connectivity index (χ2n) is 4.96. The van der Waals surface area contributed by atoms with Gasteiger partial charge in [0.2, 0.25) is 0 Å². The van der Waals surface area contributed by atoms with Crippen LogP contribution in [-0.4, -0.2) is 11.6 Å². The predicted molar refractivity (Wildman–Crippen MR) is 52.2 cm³/mol. The minimum atomic E-state index is 0.535. The smallest absolute Gasteiger partial charge is 0.0171 e. The maximum absolute atomic E-state index is 3.75. The molecule has 3 fully saturated rings. The molecule has 1 heteroatoms. The summed E-state index contributed by atoms with van der Waals surface area (Å²) in [5.74, 6) is 0.991. The van der Waals surface area contributed by atoms with Crippen LogP contribution < -0.4 is 5.32 Å². The van der Waals surface area contributed by atoms with Crippen LogP contribution in [0.5, 0.6) is 0 Å². The highest BCUT2D eigenvalue weighted by molar-refractivity contribution is 5.04. The van der Waals surface area contributed by atoms with E-state index >= 15 is 0 Å². The summed E-state index contributed by atoms with van der Waals surface area (Å²) in [6.45, 7) is 4.70. The van der Waals surface area contributed by atoms with Crippen molar-refractivity contribution in [2.24, 2.45) is 5.92 Å². The van der Waals surface area contributed by atoms with Crippen molar-refractivity contribution in [1.29, 1.82) is 0 Å². The van der Waals surface area contributed by atoms with Crippen molar-refractivity contribution < 1.29 is 0 Å². The Kier molecular flexibility index (Phi) is 2.16. The summed E-state index contributed by atoms with van der Waals surface area (Å²) in [5, 5.41) is 3.75. The van der Waals surface area contributed by atoms with E-state index in [2.05, 4.69) is 19.2 Å². The predicted octanol–water partition coefficient (Wildman–Crippen LogP) is 2.71. The van der Waals surface area contributed by atoms with Gasteiger partial charge in [0.05, 0.1) is 0 Å². The number of hydrogen-bond acceptors (Lipinski definition) is 1. The molecule has 0 aromatic heterocycles.